The minimum atomic E-state index is -0.720. The van der Waals surface area contributed by atoms with Crippen LogP contribution in [0.15, 0.2) is 30.3 Å². The van der Waals surface area contributed by atoms with Crippen molar-refractivity contribution in [2.24, 2.45) is 0 Å². The number of hydrogen-bond donors (Lipinski definition) is 2. The van der Waals surface area contributed by atoms with Gasteiger partial charge >= 0.3 is 0 Å². The summed E-state index contributed by atoms with van der Waals surface area (Å²) in [6.45, 7) is 0.396. The zero-order valence-corrected chi connectivity index (χ0v) is 11.5. The average Bonchev–Trinajstić information content (AvgIpc) is 2.89. The second-order valence-corrected chi connectivity index (χ2v) is 4.83. The Morgan fingerprint density at radius 2 is 2.00 bits per heavy atom. The highest BCUT2D eigenvalue weighted by Gasteiger charge is 2.22. The molecule has 0 fully saturated rings. The van der Waals surface area contributed by atoms with E-state index in [0.717, 1.165) is 23.8 Å². The molecule has 0 radical (unpaired) electrons. The summed E-state index contributed by atoms with van der Waals surface area (Å²) >= 11 is 0. The molecule has 6 heteroatoms. The predicted molar refractivity (Wildman–Crippen MR) is 76.8 cm³/mol. The minimum Gasteiger partial charge on any atom is -0.488 e. The molecule has 21 heavy (non-hydrogen) atoms. The summed E-state index contributed by atoms with van der Waals surface area (Å²) in [7, 11) is 1.53. The molecule has 1 aromatic carbocycles. The number of benzene rings is 1. The van der Waals surface area contributed by atoms with E-state index in [1.807, 2.05) is 24.3 Å². The smallest absolute Gasteiger partial charge is 0.168 e. The molecule has 110 valence electrons. The zero-order valence-electron chi connectivity index (χ0n) is 11.5. The van der Waals surface area contributed by atoms with Gasteiger partial charge in [0.1, 0.15) is 11.9 Å². The fourth-order valence-electron chi connectivity index (χ4n) is 2.34. The van der Waals surface area contributed by atoms with Gasteiger partial charge in [0.25, 0.3) is 0 Å². The molecule has 1 atom stereocenters. The van der Waals surface area contributed by atoms with Crippen molar-refractivity contribution in [3.05, 3.63) is 47.5 Å². The molecule has 0 spiro atoms. The molecular formula is C15H15F2N3O. The Morgan fingerprint density at radius 3 is 2.76 bits per heavy atom. The topological polar surface area (TPSA) is 46.2 Å². The Balaban J connectivity index is 1.67. The number of nitrogens with one attached hydrogen (secondary N) is 2. The van der Waals surface area contributed by atoms with Crippen molar-refractivity contribution in [1.82, 2.24) is 4.98 Å². The van der Waals surface area contributed by atoms with Crippen LogP contribution in [0.3, 0.4) is 0 Å². The van der Waals surface area contributed by atoms with Crippen molar-refractivity contribution in [2.45, 2.75) is 12.5 Å². The van der Waals surface area contributed by atoms with Gasteiger partial charge in [0.15, 0.2) is 23.3 Å². The summed E-state index contributed by atoms with van der Waals surface area (Å²) in [4.78, 5) is 3.87. The van der Waals surface area contributed by atoms with Gasteiger partial charge in [-0.25, -0.2) is 13.8 Å². The van der Waals surface area contributed by atoms with Gasteiger partial charge in [-0.05, 0) is 11.6 Å². The second kappa shape index (κ2) is 5.55. The number of aromatic nitrogens is 1. The highest BCUT2D eigenvalue weighted by molar-refractivity contribution is 5.47. The number of hydrogen-bond acceptors (Lipinski definition) is 4. The Labute approximate surface area is 121 Å². The summed E-state index contributed by atoms with van der Waals surface area (Å²) in [5.41, 5.74) is 1.13. The van der Waals surface area contributed by atoms with Crippen LogP contribution in [0.25, 0.3) is 0 Å². The van der Waals surface area contributed by atoms with Crippen LogP contribution >= 0.6 is 0 Å². The van der Waals surface area contributed by atoms with E-state index in [1.165, 1.54) is 7.05 Å². The van der Waals surface area contributed by atoms with Crippen molar-refractivity contribution >= 4 is 11.6 Å². The molecule has 0 saturated heterocycles. The summed E-state index contributed by atoms with van der Waals surface area (Å²) in [5.74, 6) is -0.560. The molecule has 1 unspecified atom stereocenters. The maximum Gasteiger partial charge on any atom is 0.168 e. The molecule has 0 aliphatic carbocycles. The quantitative estimate of drug-likeness (QED) is 0.909. The van der Waals surface area contributed by atoms with Crippen LogP contribution in [0, 0.1) is 11.6 Å². The molecule has 1 aliphatic heterocycles. The van der Waals surface area contributed by atoms with E-state index < -0.39 is 11.6 Å². The monoisotopic (exact) mass is 291 g/mol. The number of anilines is 2. The molecule has 2 heterocycles. The minimum absolute atomic E-state index is 0.00882. The maximum atomic E-state index is 13.7. The molecule has 1 aromatic heterocycles. The lowest BCUT2D eigenvalue weighted by Gasteiger charge is -2.13. The highest BCUT2D eigenvalue weighted by atomic mass is 19.1. The number of para-hydroxylation sites is 1. The first-order chi connectivity index (χ1) is 10.2. The van der Waals surface area contributed by atoms with E-state index in [-0.39, 0.29) is 17.7 Å². The zero-order chi connectivity index (χ0) is 14.8. The Kier molecular flexibility index (Phi) is 3.60. The Morgan fingerprint density at radius 1 is 1.24 bits per heavy atom. The molecule has 0 amide bonds. The van der Waals surface area contributed by atoms with E-state index in [0.29, 0.717) is 6.54 Å². The van der Waals surface area contributed by atoms with Crippen molar-refractivity contribution in [2.75, 3.05) is 24.2 Å². The van der Waals surface area contributed by atoms with Gasteiger partial charge in [-0.3, -0.25) is 0 Å². The third-order valence-corrected chi connectivity index (χ3v) is 3.38. The van der Waals surface area contributed by atoms with Gasteiger partial charge in [-0.15, -0.1) is 0 Å². The number of ether oxygens (including phenoxy) is 1. The van der Waals surface area contributed by atoms with E-state index in [4.69, 9.17) is 4.74 Å². The number of nitrogens with zero attached hydrogens (tertiary/aromatic N) is 1. The van der Waals surface area contributed by atoms with Crippen molar-refractivity contribution in [3.8, 4) is 5.75 Å². The fourth-order valence-corrected chi connectivity index (χ4v) is 2.34. The summed E-state index contributed by atoms with van der Waals surface area (Å²) < 4.78 is 32.8. The van der Waals surface area contributed by atoms with Crippen LogP contribution in [0.2, 0.25) is 0 Å². The number of rotatable bonds is 4. The van der Waals surface area contributed by atoms with Crippen LogP contribution < -0.4 is 15.4 Å². The SMILES string of the molecule is CNc1nc(NCC2Cc3ccccc3O2)c(F)cc1F. The standard InChI is InChI=1S/C15H15F2N3O/c1-18-14-11(16)7-12(17)15(20-14)19-8-10-6-9-4-2-3-5-13(9)21-10/h2-5,7,10H,6,8H2,1H3,(H2,18,19,20). The van der Waals surface area contributed by atoms with Crippen LogP contribution in [-0.4, -0.2) is 24.7 Å². The highest BCUT2D eigenvalue weighted by Crippen LogP contribution is 2.28. The third-order valence-electron chi connectivity index (χ3n) is 3.38. The largest absolute Gasteiger partial charge is 0.488 e. The first-order valence-corrected chi connectivity index (χ1v) is 6.69. The molecule has 2 N–H and O–H groups in total. The van der Waals surface area contributed by atoms with Crippen LogP contribution in [0.4, 0.5) is 20.4 Å². The molecule has 3 rings (SSSR count). The fraction of sp³-hybridized carbons (Fsp3) is 0.267. The van der Waals surface area contributed by atoms with Crippen molar-refractivity contribution in [3.63, 3.8) is 0 Å². The molecule has 4 nitrogen and oxygen atoms in total. The third kappa shape index (κ3) is 2.74. The number of halogens is 2. The van der Waals surface area contributed by atoms with Gasteiger partial charge in [-0.1, -0.05) is 18.2 Å². The average molecular weight is 291 g/mol. The summed E-state index contributed by atoms with van der Waals surface area (Å²) in [6, 6.07) is 8.59. The van der Waals surface area contributed by atoms with E-state index in [1.54, 1.807) is 0 Å². The van der Waals surface area contributed by atoms with Gasteiger partial charge in [0.2, 0.25) is 0 Å². The van der Waals surface area contributed by atoms with Crippen LogP contribution in [0.1, 0.15) is 5.56 Å². The lowest BCUT2D eigenvalue weighted by molar-refractivity contribution is 0.246. The predicted octanol–water partition coefficient (Wildman–Crippen LogP) is 2.82. The molecule has 0 saturated carbocycles. The Bertz CT molecular complexity index is 638. The first kappa shape index (κ1) is 13.6. The first-order valence-electron chi connectivity index (χ1n) is 6.69. The molecule has 0 bridgehead atoms. The van der Waals surface area contributed by atoms with Crippen molar-refractivity contribution in [1.29, 1.82) is 0 Å². The second-order valence-electron chi connectivity index (χ2n) is 4.83. The van der Waals surface area contributed by atoms with E-state index in [9.17, 15) is 8.78 Å². The van der Waals surface area contributed by atoms with E-state index in [2.05, 4.69) is 15.6 Å². The van der Waals surface area contributed by atoms with Gasteiger partial charge in [0, 0.05) is 19.5 Å². The maximum absolute atomic E-state index is 13.7. The van der Waals surface area contributed by atoms with Crippen LogP contribution in [-0.2, 0) is 6.42 Å². The summed E-state index contributed by atoms with van der Waals surface area (Å²) in [6.07, 6.45) is 0.664. The molecular weight excluding hydrogens is 276 g/mol. The number of fused-ring (bicyclic) bond motifs is 1. The lowest BCUT2D eigenvalue weighted by Crippen LogP contribution is -2.25. The van der Waals surface area contributed by atoms with Gasteiger partial charge in [0.05, 0.1) is 6.54 Å². The molecule has 1 aliphatic rings. The number of pyridine rings is 1. The van der Waals surface area contributed by atoms with E-state index >= 15 is 0 Å². The normalized spacial score (nSPS) is 16.2. The lowest BCUT2D eigenvalue weighted by atomic mass is 10.1. The van der Waals surface area contributed by atoms with Gasteiger partial charge in [-0.2, -0.15) is 0 Å². The van der Waals surface area contributed by atoms with Crippen molar-refractivity contribution < 1.29 is 13.5 Å². The molecule has 2 aromatic rings. The van der Waals surface area contributed by atoms with Gasteiger partial charge < -0.3 is 15.4 Å². The van der Waals surface area contributed by atoms with Crippen LogP contribution in [0.5, 0.6) is 5.75 Å². The Hall–Kier alpha value is -2.37. The summed E-state index contributed by atoms with van der Waals surface area (Å²) in [5, 5.41) is 5.45.